The summed E-state index contributed by atoms with van der Waals surface area (Å²) in [4.78, 5) is 0. The first-order valence-corrected chi connectivity index (χ1v) is 9.48. The van der Waals surface area contributed by atoms with E-state index in [1.165, 1.54) is 0 Å². The van der Waals surface area contributed by atoms with Crippen LogP contribution in [-0.4, -0.2) is 29.2 Å². The molecule has 0 spiro atoms. The van der Waals surface area contributed by atoms with Crippen LogP contribution in [0.2, 0.25) is 0 Å². The molecular formula is C20H36O3. The second-order valence-electron chi connectivity index (χ2n) is 8.11. The molecule has 0 bridgehead atoms. The molecule has 0 radical (unpaired) electrons. The SMILES string of the molecule is C/C=C/[C@@H](C)[C@@H](C)C[C@]1(O)C[C@H](C)[C@@H]2O[C@H](CC)[C@H](C)C[C@@H]2O1. The molecule has 2 fully saturated rings. The zero-order valence-electron chi connectivity index (χ0n) is 15.8. The van der Waals surface area contributed by atoms with Gasteiger partial charge in [-0.3, -0.25) is 0 Å². The van der Waals surface area contributed by atoms with E-state index in [1.807, 2.05) is 6.92 Å². The molecule has 0 unspecified atom stereocenters. The van der Waals surface area contributed by atoms with Gasteiger partial charge in [-0.05, 0) is 43.4 Å². The largest absolute Gasteiger partial charge is 0.372 e. The molecule has 0 amide bonds. The smallest absolute Gasteiger partial charge is 0.166 e. The molecule has 0 aliphatic carbocycles. The monoisotopic (exact) mass is 324 g/mol. The fourth-order valence-corrected chi connectivity index (χ4v) is 4.45. The van der Waals surface area contributed by atoms with Crippen molar-refractivity contribution in [1.82, 2.24) is 0 Å². The van der Waals surface area contributed by atoms with Gasteiger partial charge in [0.05, 0.1) is 18.3 Å². The van der Waals surface area contributed by atoms with E-state index in [0.717, 1.165) is 12.8 Å². The Morgan fingerprint density at radius 2 is 1.96 bits per heavy atom. The minimum Gasteiger partial charge on any atom is -0.372 e. The summed E-state index contributed by atoms with van der Waals surface area (Å²) in [6, 6.07) is 0. The van der Waals surface area contributed by atoms with Crippen LogP contribution in [0.3, 0.4) is 0 Å². The lowest BCUT2D eigenvalue weighted by molar-refractivity contribution is -0.324. The first-order valence-electron chi connectivity index (χ1n) is 9.48. The fourth-order valence-electron chi connectivity index (χ4n) is 4.45. The predicted molar refractivity (Wildman–Crippen MR) is 94.1 cm³/mol. The minimum atomic E-state index is -1.00. The van der Waals surface area contributed by atoms with Crippen LogP contribution >= 0.6 is 0 Å². The molecular weight excluding hydrogens is 288 g/mol. The first-order chi connectivity index (χ1) is 10.8. The van der Waals surface area contributed by atoms with Crippen LogP contribution in [0.25, 0.3) is 0 Å². The van der Waals surface area contributed by atoms with Gasteiger partial charge in [0.15, 0.2) is 5.79 Å². The van der Waals surface area contributed by atoms with Crippen molar-refractivity contribution in [2.75, 3.05) is 0 Å². The maximum atomic E-state index is 11.1. The van der Waals surface area contributed by atoms with Gasteiger partial charge in [0.1, 0.15) is 0 Å². The summed E-state index contributed by atoms with van der Waals surface area (Å²) >= 11 is 0. The third kappa shape index (κ3) is 4.37. The van der Waals surface area contributed by atoms with Crippen molar-refractivity contribution < 1.29 is 14.6 Å². The second kappa shape index (κ2) is 7.67. The Morgan fingerprint density at radius 1 is 1.26 bits per heavy atom. The lowest BCUT2D eigenvalue weighted by atomic mass is 9.78. The van der Waals surface area contributed by atoms with Gasteiger partial charge in [-0.25, -0.2) is 0 Å². The van der Waals surface area contributed by atoms with Gasteiger partial charge in [-0.15, -0.1) is 0 Å². The molecule has 3 nitrogen and oxygen atoms in total. The van der Waals surface area contributed by atoms with Crippen molar-refractivity contribution in [2.45, 2.75) is 91.3 Å². The third-order valence-corrected chi connectivity index (χ3v) is 5.95. The first kappa shape index (κ1) is 19.0. The summed E-state index contributed by atoms with van der Waals surface area (Å²) in [7, 11) is 0. The van der Waals surface area contributed by atoms with Crippen molar-refractivity contribution >= 4 is 0 Å². The van der Waals surface area contributed by atoms with Crippen molar-refractivity contribution in [2.24, 2.45) is 23.7 Å². The van der Waals surface area contributed by atoms with Crippen molar-refractivity contribution in [1.29, 1.82) is 0 Å². The summed E-state index contributed by atoms with van der Waals surface area (Å²) in [5.41, 5.74) is 0. The molecule has 0 saturated carbocycles. The molecule has 2 aliphatic heterocycles. The topological polar surface area (TPSA) is 38.7 Å². The molecule has 2 rings (SSSR count). The second-order valence-corrected chi connectivity index (χ2v) is 8.11. The fraction of sp³-hybridized carbons (Fsp3) is 0.900. The molecule has 0 aromatic carbocycles. The highest BCUT2D eigenvalue weighted by molar-refractivity contribution is 4.95. The van der Waals surface area contributed by atoms with Crippen LogP contribution in [-0.2, 0) is 9.47 Å². The van der Waals surface area contributed by atoms with E-state index < -0.39 is 5.79 Å². The highest BCUT2D eigenvalue weighted by Gasteiger charge is 2.49. The maximum Gasteiger partial charge on any atom is 0.166 e. The van der Waals surface area contributed by atoms with Crippen LogP contribution in [0.4, 0.5) is 0 Å². The van der Waals surface area contributed by atoms with E-state index in [0.29, 0.717) is 42.6 Å². The lowest BCUT2D eigenvalue weighted by Gasteiger charge is -2.51. The maximum absolute atomic E-state index is 11.1. The molecule has 2 heterocycles. The Balaban J connectivity index is 2.04. The molecule has 2 aliphatic rings. The number of fused-ring (bicyclic) bond motifs is 1. The summed E-state index contributed by atoms with van der Waals surface area (Å²) < 4.78 is 12.5. The highest BCUT2D eigenvalue weighted by atomic mass is 16.6. The van der Waals surface area contributed by atoms with Gasteiger partial charge in [-0.2, -0.15) is 0 Å². The Hall–Kier alpha value is -0.380. The highest BCUT2D eigenvalue weighted by Crippen LogP contribution is 2.43. The van der Waals surface area contributed by atoms with E-state index in [9.17, 15) is 5.11 Å². The van der Waals surface area contributed by atoms with Crippen LogP contribution in [0.15, 0.2) is 12.2 Å². The number of allylic oxidation sites excluding steroid dienone is 2. The van der Waals surface area contributed by atoms with Gasteiger partial charge in [0.25, 0.3) is 0 Å². The molecule has 23 heavy (non-hydrogen) atoms. The van der Waals surface area contributed by atoms with Crippen molar-refractivity contribution in [3.8, 4) is 0 Å². The van der Waals surface area contributed by atoms with Gasteiger partial charge < -0.3 is 14.6 Å². The Labute approximate surface area is 142 Å². The normalized spacial score (nSPS) is 44.0. The van der Waals surface area contributed by atoms with Gasteiger partial charge in [0.2, 0.25) is 0 Å². The van der Waals surface area contributed by atoms with Gasteiger partial charge in [-0.1, -0.05) is 46.8 Å². The Morgan fingerprint density at radius 3 is 2.57 bits per heavy atom. The number of rotatable bonds is 5. The molecule has 3 heteroatoms. The standard InChI is InChI=1S/C20H36O3/c1-7-9-13(3)15(5)11-20(21)12-16(6)19-18(23-20)10-14(4)17(8-2)22-19/h7,9,13-19,21H,8,10-12H2,1-6H3/b9-7+/t13-,14-,15+,16+,17-,18+,19+,20-/m1/s1. The summed E-state index contributed by atoms with van der Waals surface area (Å²) in [5, 5.41) is 11.1. The quantitative estimate of drug-likeness (QED) is 0.754. The third-order valence-electron chi connectivity index (χ3n) is 5.95. The molecule has 8 atom stereocenters. The van der Waals surface area contributed by atoms with Gasteiger partial charge in [0, 0.05) is 12.8 Å². The molecule has 134 valence electrons. The zero-order valence-corrected chi connectivity index (χ0v) is 15.8. The number of hydrogen-bond donors (Lipinski definition) is 1. The average Bonchev–Trinajstić information content (AvgIpc) is 2.46. The molecule has 0 aromatic heterocycles. The van der Waals surface area contributed by atoms with Crippen LogP contribution in [0.1, 0.15) is 67.2 Å². The molecule has 2 saturated heterocycles. The number of hydrogen-bond acceptors (Lipinski definition) is 3. The van der Waals surface area contributed by atoms with Crippen molar-refractivity contribution in [3.05, 3.63) is 12.2 Å². The summed E-state index contributed by atoms with van der Waals surface area (Å²) in [5.74, 6) is 0.675. The van der Waals surface area contributed by atoms with Crippen LogP contribution in [0.5, 0.6) is 0 Å². The zero-order chi connectivity index (χ0) is 17.2. The van der Waals surface area contributed by atoms with Crippen molar-refractivity contribution in [3.63, 3.8) is 0 Å². The Kier molecular flexibility index (Phi) is 6.32. The average molecular weight is 325 g/mol. The van der Waals surface area contributed by atoms with E-state index in [1.54, 1.807) is 0 Å². The molecule has 1 N–H and O–H groups in total. The molecule has 0 aromatic rings. The lowest BCUT2D eigenvalue weighted by Crippen LogP contribution is -2.57. The van der Waals surface area contributed by atoms with E-state index in [-0.39, 0.29) is 12.2 Å². The van der Waals surface area contributed by atoms with Gasteiger partial charge >= 0.3 is 0 Å². The van der Waals surface area contributed by atoms with E-state index >= 15 is 0 Å². The number of aliphatic hydroxyl groups is 1. The minimum absolute atomic E-state index is 0.0331. The predicted octanol–water partition coefficient (Wildman–Crippen LogP) is 4.54. The van der Waals surface area contributed by atoms with E-state index in [4.69, 9.17) is 9.47 Å². The van der Waals surface area contributed by atoms with Crippen LogP contribution in [0, 0.1) is 23.7 Å². The summed E-state index contributed by atoms with van der Waals surface area (Å²) in [6.07, 6.45) is 8.22. The van der Waals surface area contributed by atoms with E-state index in [2.05, 4.69) is 46.8 Å². The van der Waals surface area contributed by atoms with Crippen LogP contribution < -0.4 is 0 Å². The Bertz CT molecular complexity index is 408. The summed E-state index contributed by atoms with van der Waals surface area (Å²) in [6.45, 7) is 13.1. The number of ether oxygens (including phenoxy) is 2.